The third kappa shape index (κ3) is 3.76. The normalized spacial score (nSPS) is 22.3. The lowest BCUT2D eigenvalue weighted by Gasteiger charge is -2.31. The van der Waals surface area contributed by atoms with Gasteiger partial charge in [0, 0.05) is 18.0 Å². The van der Waals surface area contributed by atoms with E-state index in [-0.39, 0.29) is 11.6 Å². The summed E-state index contributed by atoms with van der Waals surface area (Å²) in [6.45, 7) is 5.19. The molecule has 2 atom stereocenters. The van der Waals surface area contributed by atoms with Gasteiger partial charge in [-0.3, -0.25) is 4.90 Å². The van der Waals surface area contributed by atoms with E-state index in [0.717, 1.165) is 19.1 Å². The second-order valence-electron chi connectivity index (χ2n) is 7.86. The highest BCUT2D eigenvalue weighted by molar-refractivity contribution is 7.90. The van der Waals surface area contributed by atoms with E-state index in [9.17, 15) is 18.0 Å². The topological polar surface area (TPSA) is 116 Å². The first-order chi connectivity index (χ1) is 12.4. The Labute approximate surface area is 158 Å². The van der Waals surface area contributed by atoms with Crippen molar-refractivity contribution in [2.24, 2.45) is 5.92 Å². The van der Waals surface area contributed by atoms with Crippen molar-refractivity contribution in [3.63, 3.8) is 0 Å². The molecule has 3 rings (SSSR count). The van der Waals surface area contributed by atoms with Gasteiger partial charge in [0.15, 0.2) is 6.04 Å². The van der Waals surface area contributed by atoms with E-state index < -0.39 is 44.7 Å². The maximum atomic E-state index is 12.9. The predicted molar refractivity (Wildman–Crippen MR) is 93.4 cm³/mol. The summed E-state index contributed by atoms with van der Waals surface area (Å²) in [5, 5.41) is -0.393. The van der Waals surface area contributed by atoms with Crippen LogP contribution in [0.15, 0.2) is 11.4 Å². The fraction of sp³-hybridized carbons (Fsp3) is 0.647. The van der Waals surface area contributed by atoms with E-state index in [1.165, 1.54) is 18.2 Å². The molecule has 0 N–H and O–H groups in total. The zero-order valence-electron chi connectivity index (χ0n) is 15.9. The van der Waals surface area contributed by atoms with Crippen molar-refractivity contribution in [1.29, 1.82) is 0 Å². The Morgan fingerprint density at radius 3 is 2.37 bits per heavy atom. The second kappa shape index (κ2) is 6.43. The fourth-order valence-corrected chi connectivity index (χ4v) is 3.73. The van der Waals surface area contributed by atoms with Crippen LogP contribution in [0.1, 0.15) is 57.0 Å². The lowest BCUT2D eigenvalue weighted by molar-refractivity contribution is -0.147. The molecule has 2 aliphatic rings. The summed E-state index contributed by atoms with van der Waals surface area (Å²) in [6.07, 6.45) is 3.47. The molecule has 1 aromatic rings. The van der Waals surface area contributed by atoms with Crippen molar-refractivity contribution in [2.75, 3.05) is 13.4 Å². The lowest BCUT2D eigenvalue weighted by atomic mass is 10.1. The smallest absolute Gasteiger partial charge is 0.411 e. The van der Waals surface area contributed by atoms with E-state index in [4.69, 9.17) is 9.47 Å². The van der Waals surface area contributed by atoms with Crippen molar-refractivity contribution in [3.8, 4) is 0 Å². The Bertz CT molecular complexity index is 888. The first kappa shape index (κ1) is 19.5. The maximum Gasteiger partial charge on any atom is 0.411 e. The third-order valence-corrected chi connectivity index (χ3v) is 5.27. The Morgan fingerprint density at radius 1 is 1.26 bits per heavy atom. The number of rotatable bonds is 3. The largest absolute Gasteiger partial charge is 0.467 e. The standard InChI is InChI=1S/C17H23N3O6S/c1-17(2,3)26-16(22)20-12(9-6-7-9)10-8-18-15(27(5,23)24)19-11(10)13(20)14(21)25-4/h8-9,12-13H,6-7H2,1-5H3. The average molecular weight is 397 g/mol. The average Bonchev–Trinajstić information content (AvgIpc) is 3.31. The minimum absolute atomic E-state index is 0.138. The Morgan fingerprint density at radius 2 is 1.89 bits per heavy atom. The van der Waals surface area contributed by atoms with Crippen LogP contribution in [0.3, 0.4) is 0 Å². The highest BCUT2D eigenvalue weighted by Gasteiger charge is 2.53. The molecule has 1 aliphatic heterocycles. The molecule has 0 bridgehead atoms. The Balaban J connectivity index is 2.13. The van der Waals surface area contributed by atoms with Crippen LogP contribution in [0, 0.1) is 5.92 Å². The molecule has 2 unspecified atom stereocenters. The molecule has 1 amide bonds. The molecule has 0 saturated heterocycles. The van der Waals surface area contributed by atoms with Gasteiger partial charge in [0.1, 0.15) is 5.60 Å². The minimum atomic E-state index is -3.68. The van der Waals surface area contributed by atoms with Gasteiger partial charge in [-0.2, -0.15) is 0 Å². The molecule has 10 heteroatoms. The van der Waals surface area contributed by atoms with Gasteiger partial charge >= 0.3 is 12.1 Å². The van der Waals surface area contributed by atoms with E-state index in [2.05, 4.69) is 9.97 Å². The van der Waals surface area contributed by atoms with Crippen molar-refractivity contribution in [3.05, 3.63) is 17.5 Å². The number of carbonyl (C=O) groups is 2. The van der Waals surface area contributed by atoms with Gasteiger partial charge in [-0.25, -0.2) is 28.0 Å². The third-order valence-electron chi connectivity index (χ3n) is 4.41. The number of esters is 1. The van der Waals surface area contributed by atoms with Crippen LogP contribution in [0.4, 0.5) is 4.79 Å². The lowest BCUT2D eigenvalue weighted by Crippen LogP contribution is -2.41. The molecule has 0 spiro atoms. The number of carbonyl (C=O) groups excluding carboxylic acids is 2. The number of hydrogen-bond acceptors (Lipinski definition) is 8. The molecule has 2 heterocycles. The van der Waals surface area contributed by atoms with Gasteiger partial charge in [0.05, 0.1) is 18.8 Å². The van der Waals surface area contributed by atoms with Crippen LogP contribution >= 0.6 is 0 Å². The molecule has 0 aromatic carbocycles. The highest BCUT2D eigenvalue weighted by Crippen LogP contribution is 2.53. The Hall–Kier alpha value is -2.23. The molecule has 148 valence electrons. The molecular formula is C17H23N3O6S. The van der Waals surface area contributed by atoms with Crippen molar-refractivity contribution >= 4 is 21.9 Å². The first-order valence-electron chi connectivity index (χ1n) is 8.60. The number of nitrogens with zero attached hydrogens (tertiary/aromatic N) is 3. The van der Waals surface area contributed by atoms with Gasteiger partial charge < -0.3 is 9.47 Å². The van der Waals surface area contributed by atoms with Gasteiger partial charge in [-0.15, -0.1) is 0 Å². The van der Waals surface area contributed by atoms with Gasteiger partial charge in [-0.05, 0) is 39.5 Å². The van der Waals surface area contributed by atoms with E-state index in [1.807, 2.05) is 0 Å². The molecule has 1 aromatic heterocycles. The van der Waals surface area contributed by atoms with E-state index >= 15 is 0 Å². The number of hydrogen-bond donors (Lipinski definition) is 0. The molecule has 1 fully saturated rings. The van der Waals surface area contributed by atoms with Crippen molar-refractivity contribution in [2.45, 2.75) is 56.5 Å². The SMILES string of the molecule is COC(=O)C1c2nc(S(C)(=O)=O)ncc2C(C2CC2)N1C(=O)OC(C)(C)C. The van der Waals surface area contributed by atoms with Crippen molar-refractivity contribution in [1.82, 2.24) is 14.9 Å². The van der Waals surface area contributed by atoms with Crippen LogP contribution in [-0.2, 0) is 24.1 Å². The molecule has 1 saturated carbocycles. The van der Waals surface area contributed by atoms with Crippen LogP contribution in [0.25, 0.3) is 0 Å². The van der Waals surface area contributed by atoms with Crippen molar-refractivity contribution < 1.29 is 27.5 Å². The molecule has 1 aliphatic carbocycles. The zero-order valence-corrected chi connectivity index (χ0v) is 16.7. The summed E-state index contributed by atoms with van der Waals surface area (Å²) in [6, 6.07) is -1.62. The van der Waals surface area contributed by atoms with Crippen LogP contribution in [0.5, 0.6) is 0 Å². The number of amides is 1. The molecule has 27 heavy (non-hydrogen) atoms. The number of methoxy groups -OCH3 is 1. The number of aromatic nitrogens is 2. The number of ether oxygens (including phenoxy) is 2. The summed E-state index contributed by atoms with van der Waals surface area (Å²) in [5.74, 6) is -0.568. The first-order valence-corrected chi connectivity index (χ1v) is 10.5. The predicted octanol–water partition coefficient (Wildman–Crippen LogP) is 1.80. The molecule has 0 radical (unpaired) electrons. The summed E-state index contributed by atoms with van der Waals surface area (Å²) < 4.78 is 34.1. The summed E-state index contributed by atoms with van der Waals surface area (Å²) >= 11 is 0. The summed E-state index contributed by atoms with van der Waals surface area (Å²) in [4.78, 5) is 34.8. The maximum absolute atomic E-state index is 12.9. The van der Waals surface area contributed by atoms with Gasteiger partial charge in [-0.1, -0.05) is 0 Å². The zero-order chi connectivity index (χ0) is 20.1. The van der Waals surface area contributed by atoms with E-state index in [1.54, 1.807) is 20.8 Å². The quantitative estimate of drug-likeness (QED) is 0.560. The summed E-state index contributed by atoms with van der Waals surface area (Å²) in [5.41, 5.74) is -0.0179. The van der Waals surface area contributed by atoms with Gasteiger partial charge in [0.2, 0.25) is 15.0 Å². The number of fused-ring (bicyclic) bond motifs is 1. The Kier molecular flexibility index (Phi) is 4.65. The van der Waals surface area contributed by atoms with E-state index in [0.29, 0.717) is 5.56 Å². The van der Waals surface area contributed by atoms with Crippen LogP contribution in [0.2, 0.25) is 0 Å². The van der Waals surface area contributed by atoms with Gasteiger partial charge in [0.25, 0.3) is 0 Å². The molecule has 9 nitrogen and oxygen atoms in total. The van der Waals surface area contributed by atoms with Crippen LogP contribution < -0.4 is 0 Å². The fourth-order valence-electron chi connectivity index (χ4n) is 3.22. The monoisotopic (exact) mass is 397 g/mol. The number of sulfone groups is 1. The van der Waals surface area contributed by atoms with Crippen LogP contribution in [-0.4, -0.2) is 54.3 Å². The highest BCUT2D eigenvalue weighted by atomic mass is 32.2. The minimum Gasteiger partial charge on any atom is -0.467 e. The summed E-state index contributed by atoms with van der Waals surface area (Å²) in [7, 11) is -2.47. The second-order valence-corrected chi connectivity index (χ2v) is 9.77. The molecular weight excluding hydrogens is 374 g/mol.